The summed E-state index contributed by atoms with van der Waals surface area (Å²) in [4.78, 5) is 21.7. The molecule has 1 saturated carbocycles. The summed E-state index contributed by atoms with van der Waals surface area (Å²) >= 11 is 0. The monoisotopic (exact) mass is 390 g/mol. The summed E-state index contributed by atoms with van der Waals surface area (Å²) in [5.74, 6) is 1.42. The number of hydrogen-bond donors (Lipinski definition) is 0. The van der Waals surface area contributed by atoms with E-state index in [2.05, 4.69) is 28.1 Å². The lowest BCUT2D eigenvalue weighted by atomic mass is 9.83. The van der Waals surface area contributed by atoms with E-state index in [0.29, 0.717) is 18.2 Å². The average molecular weight is 390 g/mol. The van der Waals surface area contributed by atoms with Gasteiger partial charge in [-0.3, -0.25) is 14.5 Å². The molecule has 0 bridgehead atoms. The van der Waals surface area contributed by atoms with E-state index < -0.39 is 0 Å². The lowest BCUT2D eigenvalue weighted by Gasteiger charge is -2.23. The van der Waals surface area contributed by atoms with Gasteiger partial charge in [0.1, 0.15) is 6.61 Å². The van der Waals surface area contributed by atoms with E-state index in [1.807, 2.05) is 30.1 Å². The smallest absolute Gasteiger partial charge is 0.215 e. The predicted octanol–water partition coefficient (Wildman–Crippen LogP) is 4.01. The molecule has 1 atom stereocenters. The van der Waals surface area contributed by atoms with Crippen LogP contribution in [0.4, 0.5) is 0 Å². The molecule has 3 aromatic heterocycles. The first kappa shape index (κ1) is 18.3. The van der Waals surface area contributed by atoms with Crippen molar-refractivity contribution in [1.82, 2.24) is 19.7 Å². The maximum absolute atomic E-state index is 12.6. The molecule has 3 aromatic rings. The second-order valence-electron chi connectivity index (χ2n) is 8.42. The van der Waals surface area contributed by atoms with Gasteiger partial charge in [-0.2, -0.15) is 10.1 Å². The quantitative estimate of drug-likeness (QED) is 0.636. The van der Waals surface area contributed by atoms with Crippen LogP contribution in [0.2, 0.25) is 0 Å². The molecule has 0 N–H and O–H groups in total. The second kappa shape index (κ2) is 7.25. The molecule has 2 aliphatic carbocycles. The Morgan fingerprint density at radius 3 is 3.00 bits per heavy atom. The molecule has 0 radical (unpaired) electrons. The Kier molecular flexibility index (Phi) is 4.57. The highest BCUT2D eigenvalue weighted by atomic mass is 16.5. The van der Waals surface area contributed by atoms with Crippen LogP contribution < -0.4 is 4.74 Å². The third-order valence-corrected chi connectivity index (χ3v) is 6.15. The Hall–Kier alpha value is -2.76. The minimum absolute atomic E-state index is 0.0530. The van der Waals surface area contributed by atoms with E-state index in [4.69, 9.17) is 4.74 Å². The number of nitrogens with zero attached hydrogens (tertiary/aromatic N) is 4. The van der Waals surface area contributed by atoms with E-state index in [0.717, 1.165) is 47.2 Å². The van der Waals surface area contributed by atoms with Crippen LogP contribution in [-0.2, 0) is 18.3 Å². The number of aromatic nitrogens is 4. The van der Waals surface area contributed by atoms with Crippen molar-refractivity contribution in [2.75, 3.05) is 6.61 Å². The zero-order valence-electron chi connectivity index (χ0n) is 17.0. The van der Waals surface area contributed by atoms with Crippen LogP contribution in [0.3, 0.4) is 0 Å². The maximum Gasteiger partial charge on any atom is 0.215 e. The third-order valence-electron chi connectivity index (χ3n) is 6.15. The van der Waals surface area contributed by atoms with Gasteiger partial charge in [0.25, 0.3) is 0 Å². The average Bonchev–Trinajstić information content (AvgIpc) is 3.51. The summed E-state index contributed by atoms with van der Waals surface area (Å²) in [5.41, 5.74) is 5.47. The van der Waals surface area contributed by atoms with Gasteiger partial charge in [0.05, 0.1) is 5.69 Å². The highest BCUT2D eigenvalue weighted by Gasteiger charge is 2.30. The van der Waals surface area contributed by atoms with Crippen molar-refractivity contribution >= 4 is 16.8 Å². The van der Waals surface area contributed by atoms with E-state index in [1.165, 1.54) is 18.4 Å². The number of carbonyl (C=O) groups is 1. The standard InChI is InChI=1S/C23H26N4O2/c1-14-11-20(25-23-21(14)22(15-8-9-15)26-27(23)2)29-13-17(28)12-16-5-3-7-19-18(16)6-4-10-24-19/h4,6,10-11,15-16H,3,5,7-9,12-13H2,1-2H3. The number of carbonyl (C=O) groups excluding carboxylic acids is 1. The molecule has 29 heavy (non-hydrogen) atoms. The van der Waals surface area contributed by atoms with Crippen LogP contribution >= 0.6 is 0 Å². The molecule has 0 aromatic carbocycles. The van der Waals surface area contributed by atoms with Gasteiger partial charge in [0.15, 0.2) is 11.4 Å². The molecule has 0 amide bonds. The summed E-state index contributed by atoms with van der Waals surface area (Å²) in [6, 6.07) is 6.01. The zero-order valence-corrected chi connectivity index (χ0v) is 17.0. The number of pyridine rings is 2. The van der Waals surface area contributed by atoms with E-state index in [1.54, 1.807) is 0 Å². The second-order valence-corrected chi connectivity index (χ2v) is 8.42. The lowest BCUT2D eigenvalue weighted by Crippen LogP contribution is -2.19. The van der Waals surface area contributed by atoms with Crippen molar-refractivity contribution in [3.05, 3.63) is 46.9 Å². The van der Waals surface area contributed by atoms with Crippen molar-refractivity contribution in [3.63, 3.8) is 0 Å². The molecule has 1 unspecified atom stereocenters. The summed E-state index contributed by atoms with van der Waals surface area (Å²) in [6.45, 7) is 2.12. The van der Waals surface area contributed by atoms with Gasteiger partial charge in [-0.15, -0.1) is 0 Å². The normalized spacial score (nSPS) is 18.6. The van der Waals surface area contributed by atoms with Gasteiger partial charge < -0.3 is 4.74 Å². The minimum Gasteiger partial charge on any atom is -0.470 e. The summed E-state index contributed by atoms with van der Waals surface area (Å²) < 4.78 is 7.64. The summed E-state index contributed by atoms with van der Waals surface area (Å²) in [6.07, 6.45) is 7.88. The van der Waals surface area contributed by atoms with Crippen LogP contribution in [0, 0.1) is 6.92 Å². The Balaban J connectivity index is 1.29. The number of Topliss-reactive ketones (excluding diaryl/α,β-unsaturated/α-hetero) is 1. The van der Waals surface area contributed by atoms with E-state index in [-0.39, 0.29) is 18.3 Å². The molecule has 6 heteroatoms. The number of rotatable bonds is 6. The Morgan fingerprint density at radius 1 is 1.31 bits per heavy atom. The van der Waals surface area contributed by atoms with Crippen molar-refractivity contribution in [3.8, 4) is 5.88 Å². The Labute approximate surface area is 170 Å². The topological polar surface area (TPSA) is 69.9 Å². The van der Waals surface area contributed by atoms with E-state index >= 15 is 0 Å². The zero-order chi connectivity index (χ0) is 20.0. The molecule has 2 aliphatic rings. The molecule has 0 saturated heterocycles. The molecule has 5 rings (SSSR count). The van der Waals surface area contributed by atoms with E-state index in [9.17, 15) is 4.79 Å². The van der Waals surface area contributed by atoms with Crippen LogP contribution in [0.25, 0.3) is 11.0 Å². The molecule has 1 fully saturated rings. The molecule has 3 heterocycles. The first-order valence-electron chi connectivity index (χ1n) is 10.5. The van der Waals surface area contributed by atoms with Gasteiger partial charge in [0, 0.05) is 42.7 Å². The fourth-order valence-electron chi connectivity index (χ4n) is 4.56. The van der Waals surface area contributed by atoms with Crippen molar-refractivity contribution in [1.29, 1.82) is 0 Å². The summed E-state index contributed by atoms with van der Waals surface area (Å²) in [7, 11) is 1.92. The van der Waals surface area contributed by atoms with Gasteiger partial charge in [-0.25, -0.2) is 0 Å². The number of hydrogen-bond acceptors (Lipinski definition) is 5. The van der Waals surface area contributed by atoms with Crippen molar-refractivity contribution in [2.24, 2.45) is 7.05 Å². The number of fused-ring (bicyclic) bond motifs is 2. The van der Waals surface area contributed by atoms with Crippen molar-refractivity contribution in [2.45, 2.75) is 57.3 Å². The molecular formula is C23H26N4O2. The highest BCUT2D eigenvalue weighted by Crippen LogP contribution is 2.43. The van der Waals surface area contributed by atoms with Gasteiger partial charge in [0.2, 0.25) is 5.88 Å². The van der Waals surface area contributed by atoms with Crippen LogP contribution in [0.1, 0.15) is 66.5 Å². The number of ketones is 1. The third kappa shape index (κ3) is 3.52. The predicted molar refractivity (Wildman–Crippen MR) is 110 cm³/mol. The summed E-state index contributed by atoms with van der Waals surface area (Å²) in [5, 5.41) is 5.81. The first-order valence-corrected chi connectivity index (χ1v) is 10.5. The van der Waals surface area contributed by atoms with Gasteiger partial charge >= 0.3 is 0 Å². The van der Waals surface area contributed by atoms with Gasteiger partial charge in [-0.1, -0.05) is 6.07 Å². The molecular weight excluding hydrogens is 364 g/mol. The SMILES string of the molecule is Cc1cc(OCC(=O)CC2CCCc3ncccc32)nc2c1c(C1CC1)nn2C. The van der Waals surface area contributed by atoms with Crippen LogP contribution in [0.5, 0.6) is 5.88 Å². The highest BCUT2D eigenvalue weighted by molar-refractivity contribution is 5.84. The fraction of sp³-hybridized carbons (Fsp3) is 0.478. The van der Waals surface area contributed by atoms with Gasteiger partial charge in [-0.05, 0) is 62.1 Å². The minimum atomic E-state index is 0.0530. The Bertz CT molecular complexity index is 1080. The van der Waals surface area contributed by atoms with Crippen molar-refractivity contribution < 1.29 is 9.53 Å². The first-order chi connectivity index (χ1) is 14.1. The molecule has 0 spiro atoms. The number of aryl methyl sites for hydroxylation is 3. The largest absolute Gasteiger partial charge is 0.470 e. The maximum atomic E-state index is 12.6. The molecule has 6 nitrogen and oxygen atoms in total. The molecule has 150 valence electrons. The number of ether oxygens (including phenoxy) is 1. The Morgan fingerprint density at radius 2 is 2.17 bits per heavy atom. The lowest BCUT2D eigenvalue weighted by molar-refractivity contribution is -0.121. The fourth-order valence-corrected chi connectivity index (χ4v) is 4.56. The molecule has 0 aliphatic heterocycles. The van der Waals surface area contributed by atoms with Crippen LogP contribution in [0.15, 0.2) is 24.4 Å². The van der Waals surface area contributed by atoms with Crippen LogP contribution in [-0.4, -0.2) is 32.1 Å².